The minimum absolute atomic E-state index is 0.162. The molecule has 0 aliphatic carbocycles. The van der Waals surface area contributed by atoms with Crippen LogP contribution in [0.4, 0.5) is 5.69 Å². The minimum atomic E-state index is -0.229. The second-order valence-corrected chi connectivity index (χ2v) is 5.70. The summed E-state index contributed by atoms with van der Waals surface area (Å²) in [6.07, 6.45) is 0. The zero-order chi connectivity index (χ0) is 14.7. The number of carbonyl (C=O) groups excluding carboxylic acids is 1. The Bertz CT molecular complexity index is 646. The number of aryl methyl sites for hydroxylation is 2. The molecule has 9 heteroatoms. The van der Waals surface area contributed by atoms with Gasteiger partial charge in [-0.15, -0.1) is 5.10 Å². The van der Waals surface area contributed by atoms with E-state index in [0.29, 0.717) is 20.9 Å². The van der Waals surface area contributed by atoms with Crippen molar-refractivity contribution in [2.45, 2.75) is 12.1 Å². The monoisotopic (exact) mass is 331 g/mol. The number of halogens is 2. The van der Waals surface area contributed by atoms with E-state index in [1.54, 1.807) is 19.2 Å². The molecule has 1 amide bonds. The van der Waals surface area contributed by atoms with Gasteiger partial charge in [-0.3, -0.25) is 4.79 Å². The third kappa shape index (κ3) is 3.41. The molecule has 0 aliphatic rings. The Morgan fingerprint density at radius 2 is 2.20 bits per heavy atom. The van der Waals surface area contributed by atoms with Crippen LogP contribution in [0.1, 0.15) is 5.56 Å². The molecule has 6 nitrogen and oxygen atoms in total. The summed E-state index contributed by atoms with van der Waals surface area (Å²) in [4.78, 5) is 11.9. The van der Waals surface area contributed by atoms with E-state index in [4.69, 9.17) is 23.2 Å². The highest BCUT2D eigenvalue weighted by molar-refractivity contribution is 7.99. The lowest BCUT2D eigenvalue weighted by atomic mass is 10.2. The average Bonchev–Trinajstić information content (AvgIpc) is 2.82. The number of tetrazole rings is 1. The van der Waals surface area contributed by atoms with Crippen molar-refractivity contribution in [3.05, 3.63) is 27.7 Å². The Morgan fingerprint density at radius 1 is 1.45 bits per heavy atom. The Labute approximate surface area is 129 Å². The van der Waals surface area contributed by atoms with E-state index in [9.17, 15) is 4.79 Å². The highest BCUT2D eigenvalue weighted by Crippen LogP contribution is 2.33. The molecule has 0 bridgehead atoms. The first-order valence-electron chi connectivity index (χ1n) is 5.58. The number of hydrogen-bond donors (Lipinski definition) is 1. The van der Waals surface area contributed by atoms with Gasteiger partial charge in [0.25, 0.3) is 0 Å². The second kappa shape index (κ2) is 6.43. The summed E-state index contributed by atoms with van der Waals surface area (Å²) in [5.74, 6) is -0.0677. The Hall–Kier alpha value is -1.31. The molecule has 20 heavy (non-hydrogen) atoms. The van der Waals surface area contributed by atoms with E-state index < -0.39 is 0 Å². The maximum absolute atomic E-state index is 11.9. The predicted octanol–water partition coefficient (Wildman–Crippen LogP) is 2.56. The van der Waals surface area contributed by atoms with Gasteiger partial charge in [0.2, 0.25) is 11.1 Å². The van der Waals surface area contributed by atoms with Crippen LogP contribution in [0.15, 0.2) is 17.3 Å². The number of hydrogen-bond acceptors (Lipinski definition) is 5. The summed E-state index contributed by atoms with van der Waals surface area (Å²) < 4.78 is 1.49. The molecule has 0 aliphatic heterocycles. The van der Waals surface area contributed by atoms with Gasteiger partial charge >= 0.3 is 0 Å². The lowest BCUT2D eigenvalue weighted by molar-refractivity contribution is -0.113. The lowest BCUT2D eigenvalue weighted by Gasteiger charge is -2.10. The Morgan fingerprint density at radius 3 is 2.85 bits per heavy atom. The number of nitrogens with zero attached hydrogens (tertiary/aromatic N) is 4. The largest absolute Gasteiger partial charge is 0.323 e. The van der Waals surface area contributed by atoms with Gasteiger partial charge in [-0.2, -0.15) is 0 Å². The highest BCUT2D eigenvalue weighted by atomic mass is 35.5. The molecule has 0 saturated heterocycles. The maximum atomic E-state index is 11.9. The van der Waals surface area contributed by atoms with Crippen LogP contribution in [0, 0.1) is 6.92 Å². The highest BCUT2D eigenvalue weighted by Gasteiger charge is 2.13. The van der Waals surface area contributed by atoms with Gasteiger partial charge in [0.15, 0.2) is 0 Å². The molecule has 0 fully saturated rings. The van der Waals surface area contributed by atoms with E-state index in [2.05, 4.69) is 20.8 Å². The summed E-state index contributed by atoms with van der Waals surface area (Å²) in [7, 11) is 1.70. The van der Waals surface area contributed by atoms with Gasteiger partial charge in [-0.05, 0) is 29.0 Å². The first-order valence-corrected chi connectivity index (χ1v) is 7.33. The van der Waals surface area contributed by atoms with Gasteiger partial charge in [-0.25, -0.2) is 4.68 Å². The summed E-state index contributed by atoms with van der Waals surface area (Å²) in [6.45, 7) is 1.84. The van der Waals surface area contributed by atoms with Gasteiger partial charge in [0.1, 0.15) is 0 Å². The molecular formula is C11H11Cl2N5OS. The predicted molar refractivity (Wildman–Crippen MR) is 79.4 cm³/mol. The van der Waals surface area contributed by atoms with Gasteiger partial charge in [0, 0.05) is 7.05 Å². The number of rotatable bonds is 4. The van der Waals surface area contributed by atoms with Crippen LogP contribution in [0.5, 0.6) is 0 Å². The zero-order valence-electron chi connectivity index (χ0n) is 10.7. The third-order valence-electron chi connectivity index (χ3n) is 2.46. The van der Waals surface area contributed by atoms with Crippen molar-refractivity contribution in [2.24, 2.45) is 7.05 Å². The SMILES string of the molecule is Cc1ccc(Cl)c(NC(=O)CSc2nnnn2C)c1Cl. The molecule has 0 saturated carbocycles. The second-order valence-electron chi connectivity index (χ2n) is 3.98. The fourth-order valence-electron chi connectivity index (χ4n) is 1.42. The Balaban J connectivity index is 2.02. The van der Waals surface area contributed by atoms with Crippen molar-refractivity contribution in [3.8, 4) is 0 Å². The molecule has 1 aromatic carbocycles. The summed E-state index contributed by atoms with van der Waals surface area (Å²) in [6, 6.07) is 3.48. The van der Waals surface area contributed by atoms with Gasteiger partial charge in [-0.1, -0.05) is 41.0 Å². The zero-order valence-corrected chi connectivity index (χ0v) is 13.1. The number of anilines is 1. The van der Waals surface area contributed by atoms with Crippen molar-refractivity contribution in [1.82, 2.24) is 20.2 Å². The first-order chi connectivity index (χ1) is 9.49. The van der Waals surface area contributed by atoms with Crippen LogP contribution in [0.25, 0.3) is 0 Å². The molecule has 0 atom stereocenters. The van der Waals surface area contributed by atoms with Gasteiger partial charge < -0.3 is 5.32 Å². The van der Waals surface area contributed by atoms with Crippen LogP contribution in [-0.4, -0.2) is 31.9 Å². The Kier molecular flexibility index (Phi) is 4.85. The molecule has 2 rings (SSSR count). The number of nitrogens with one attached hydrogen (secondary N) is 1. The number of amides is 1. The van der Waals surface area contributed by atoms with Crippen LogP contribution in [-0.2, 0) is 11.8 Å². The van der Waals surface area contributed by atoms with Crippen molar-refractivity contribution in [3.63, 3.8) is 0 Å². The van der Waals surface area contributed by atoms with Crippen molar-refractivity contribution in [1.29, 1.82) is 0 Å². The van der Waals surface area contributed by atoms with Gasteiger partial charge in [0.05, 0.1) is 21.5 Å². The standard InChI is InChI=1S/C11H11Cl2N5OS/c1-6-3-4-7(12)10(9(6)13)14-8(19)5-20-11-15-16-17-18(11)2/h3-4H,5H2,1-2H3,(H,14,19). The van der Waals surface area contributed by atoms with Crippen molar-refractivity contribution in [2.75, 3.05) is 11.1 Å². The maximum Gasteiger partial charge on any atom is 0.234 e. The summed E-state index contributed by atoms with van der Waals surface area (Å²) in [5, 5.41) is 15.0. The van der Waals surface area contributed by atoms with Crippen molar-refractivity contribution < 1.29 is 4.79 Å². The number of carbonyl (C=O) groups is 1. The average molecular weight is 332 g/mol. The lowest BCUT2D eigenvalue weighted by Crippen LogP contribution is -2.15. The first kappa shape index (κ1) is 15.1. The van der Waals surface area contributed by atoms with Crippen LogP contribution >= 0.6 is 35.0 Å². The molecule has 1 aromatic heterocycles. The fraction of sp³-hybridized carbons (Fsp3) is 0.273. The van der Waals surface area contributed by atoms with E-state index >= 15 is 0 Å². The smallest absolute Gasteiger partial charge is 0.234 e. The summed E-state index contributed by atoms with van der Waals surface area (Å²) >= 11 is 13.4. The number of aromatic nitrogens is 4. The number of benzene rings is 1. The normalized spacial score (nSPS) is 10.6. The molecule has 0 radical (unpaired) electrons. The molecule has 2 aromatic rings. The topological polar surface area (TPSA) is 72.7 Å². The third-order valence-corrected chi connectivity index (χ3v) is 4.27. The summed E-state index contributed by atoms with van der Waals surface area (Å²) in [5.41, 5.74) is 1.27. The van der Waals surface area contributed by atoms with E-state index in [0.717, 1.165) is 5.56 Å². The van der Waals surface area contributed by atoms with E-state index in [1.165, 1.54) is 16.4 Å². The van der Waals surface area contributed by atoms with E-state index in [1.807, 2.05) is 6.92 Å². The molecule has 1 heterocycles. The quantitative estimate of drug-likeness (QED) is 0.871. The molecular weight excluding hydrogens is 321 g/mol. The van der Waals surface area contributed by atoms with E-state index in [-0.39, 0.29) is 11.7 Å². The molecule has 1 N–H and O–H groups in total. The van der Waals surface area contributed by atoms with Crippen molar-refractivity contribution >= 4 is 46.6 Å². The fourth-order valence-corrected chi connectivity index (χ4v) is 2.54. The van der Waals surface area contributed by atoms with Crippen LogP contribution < -0.4 is 5.32 Å². The molecule has 106 valence electrons. The minimum Gasteiger partial charge on any atom is -0.323 e. The number of thioether (sulfide) groups is 1. The molecule has 0 unspecified atom stereocenters. The van der Waals surface area contributed by atoms with Crippen LogP contribution in [0.3, 0.4) is 0 Å². The van der Waals surface area contributed by atoms with Crippen LogP contribution in [0.2, 0.25) is 10.0 Å². The molecule has 0 spiro atoms.